The van der Waals surface area contributed by atoms with Crippen molar-refractivity contribution in [2.45, 2.75) is 24.5 Å². The molecule has 0 spiro atoms. The Labute approximate surface area is 176 Å². The molecule has 0 saturated heterocycles. The number of benzene rings is 1. The lowest BCUT2D eigenvalue weighted by Gasteiger charge is -2.33. The summed E-state index contributed by atoms with van der Waals surface area (Å²) in [5.41, 5.74) is 2.33. The largest absolute Gasteiger partial charge is 0.352 e. The van der Waals surface area contributed by atoms with Gasteiger partial charge in [-0.3, -0.25) is 4.79 Å². The molecule has 30 heavy (non-hydrogen) atoms. The molecule has 1 N–H and O–H groups in total. The van der Waals surface area contributed by atoms with E-state index in [2.05, 4.69) is 20.2 Å². The molecule has 152 valence electrons. The molecule has 0 unspecified atom stereocenters. The number of fused-ring (bicyclic) bond motifs is 2. The zero-order valence-electron chi connectivity index (χ0n) is 16.5. The van der Waals surface area contributed by atoms with Crippen LogP contribution in [0.15, 0.2) is 47.6 Å². The second-order valence-electron chi connectivity index (χ2n) is 7.21. The predicted octanol–water partition coefficient (Wildman–Crippen LogP) is 3.90. The van der Waals surface area contributed by atoms with Gasteiger partial charge in [-0.15, -0.1) is 22.0 Å². The number of hydrogen-bond acceptors (Lipinski definition) is 5. The number of carbonyl (C=O) groups excluding carboxylic acids is 1. The van der Waals surface area contributed by atoms with Crippen molar-refractivity contribution in [2.75, 3.05) is 12.8 Å². The molecule has 0 aliphatic carbocycles. The number of hydrogen-bond donors (Lipinski definition) is 1. The molecule has 1 aromatic carbocycles. The first-order valence-electron chi connectivity index (χ1n) is 9.58. The minimum Gasteiger partial charge on any atom is -0.352 e. The van der Waals surface area contributed by atoms with Gasteiger partial charge in [-0.05, 0) is 49.6 Å². The topological polar surface area (TPSA) is 79.7 Å². The molecular weight excluding hydrogens is 403 g/mol. The quantitative estimate of drug-likeness (QED) is 0.507. The first-order chi connectivity index (χ1) is 14.5. The van der Waals surface area contributed by atoms with Gasteiger partial charge in [0.25, 0.3) is 5.91 Å². The van der Waals surface area contributed by atoms with Crippen molar-refractivity contribution in [2.24, 2.45) is 0 Å². The van der Waals surface area contributed by atoms with E-state index in [1.54, 1.807) is 16.7 Å². The maximum Gasteiger partial charge on any atom is 0.254 e. The third kappa shape index (κ3) is 3.06. The summed E-state index contributed by atoms with van der Waals surface area (Å²) in [6, 6.07) is 9.41. The number of pyridine rings is 1. The Morgan fingerprint density at radius 1 is 1.20 bits per heavy atom. The number of H-pyrrole nitrogens is 1. The molecular formula is C21H19FN6OS. The van der Waals surface area contributed by atoms with Crippen LogP contribution in [0.2, 0.25) is 0 Å². The Balaban J connectivity index is 1.46. The second-order valence-corrected chi connectivity index (χ2v) is 8.04. The molecule has 4 heterocycles. The lowest BCUT2D eigenvalue weighted by molar-refractivity contribution is 0.0638. The van der Waals surface area contributed by atoms with Gasteiger partial charge in [0.05, 0.1) is 22.3 Å². The molecule has 0 radical (unpaired) electrons. The van der Waals surface area contributed by atoms with E-state index in [0.29, 0.717) is 18.7 Å². The summed E-state index contributed by atoms with van der Waals surface area (Å²) in [5, 5.41) is 10.7. The molecule has 7 nitrogen and oxygen atoms in total. The zero-order valence-corrected chi connectivity index (χ0v) is 17.3. The average molecular weight is 422 g/mol. The van der Waals surface area contributed by atoms with Crippen LogP contribution in [0.25, 0.3) is 22.4 Å². The van der Waals surface area contributed by atoms with Crippen molar-refractivity contribution >= 4 is 28.6 Å². The molecule has 0 bridgehead atoms. The summed E-state index contributed by atoms with van der Waals surface area (Å²) in [4.78, 5) is 22.5. The van der Waals surface area contributed by atoms with E-state index in [-0.39, 0.29) is 17.8 Å². The fourth-order valence-electron chi connectivity index (χ4n) is 3.86. The Morgan fingerprint density at radius 2 is 2.00 bits per heavy atom. The van der Waals surface area contributed by atoms with Crippen LogP contribution in [0.1, 0.15) is 29.1 Å². The molecule has 1 atom stereocenters. The predicted molar refractivity (Wildman–Crippen MR) is 113 cm³/mol. The average Bonchev–Trinajstić information content (AvgIpc) is 3.37. The van der Waals surface area contributed by atoms with E-state index in [9.17, 15) is 9.18 Å². The normalized spacial score (nSPS) is 16.1. The minimum atomic E-state index is -0.360. The molecule has 5 rings (SSSR count). The van der Waals surface area contributed by atoms with Crippen LogP contribution in [-0.4, -0.2) is 48.3 Å². The monoisotopic (exact) mass is 422 g/mol. The van der Waals surface area contributed by atoms with Crippen LogP contribution in [-0.2, 0) is 6.54 Å². The van der Waals surface area contributed by atoms with Gasteiger partial charge in [-0.2, -0.15) is 0 Å². The zero-order chi connectivity index (χ0) is 20.8. The van der Waals surface area contributed by atoms with Crippen LogP contribution in [0.5, 0.6) is 0 Å². The summed E-state index contributed by atoms with van der Waals surface area (Å²) in [7, 11) is 0. The fourth-order valence-corrected chi connectivity index (χ4v) is 4.25. The molecule has 9 heteroatoms. The number of aromatic amines is 1. The van der Waals surface area contributed by atoms with E-state index < -0.39 is 0 Å². The van der Waals surface area contributed by atoms with Gasteiger partial charge in [0.2, 0.25) is 0 Å². The maximum absolute atomic E-state index is 13.2. The van der Waals surface area contributed by atoms with Crippen molar-refractivity contribution in [1.29, 1.82) is 0 Å². The molecule has 4 aromatic rings. The van der Waals surface area contributed by atoms with Crippen molar-refractivity contribution in [3.8, 4) is 11.5 Å². The Kier molecular flexibility index (Phi) is 4.54. The van der Waals surface area contributed by atoms with Crippen LogP contribution >= 0.6 is 11.8 Å². The highest BCUT2D eigenvalue weighted by Crippen LogP contribution is 2.31. The van der Waals surface area contributed by atoms with Gasteiger partial charge >= 0.3 is 0 Å². The molecule has 0 saturated carbocycles. The number of amides is 1. The molecule has 1 aliphatic rings. The van der Waals surface area contributed by atoms with Crippen molar-refractivity contribution < 1.29 is 9.18 Å². The maximum atomic E-state index is 13.2. The van der Waals surface area contributed by atoms with Gasteiger partial charge in [0.15, 0.2) is 11.6 Å². The third-order valence-electron chi connectivity index (χ3n) is 5.47. The van der Waals surface area contributed by atoms with E-state index in [0.717, 1.165) is 33.3 Å². The first kappa shape index (κ1) is 18.8. The number of halogens is 1. The summed E-state index contributed by atoms with van der Waals surface area (Å²) in [5.74, 6) is 0.973. The van der Waals surface area contributed by atoms with E-state index in [4.69, 9.17) is 0 Å². The number of carbonyl (C=O) groups is 1. The van der Waals surface area contributed by atoms with E-state index in [1.165, 1.54) is 24.3 Å². The minimum absolute atomic E-state index is 0.139. The molecule has 1 amide bonds. The summed E-state index contributed by atoms with van der Waals surface area (Å²) in [6.45, 7) is 3.04. The Morgan fingerprint density at radius 3 is 2.77 bits per heavy atom. The van der Waals surface area contributed by atoms with Gasteiger partial charge in [0, 0.05) is 30.2 Å². The fraction of sp³-hybridized carbons (Fsp3) is 0.238. The van der Waals surface area contributed by atoms with Gasteiger partial charge in [-0.1, -0.05) is 0 Å². The van der Waals surface area contributed by atoms with E-state index >= 15 is 0 Å². The summed E-state index contributed by atoms with van der Waals surface area (Å²) >= 11 is 1.59. The third-order valence-corrected chi connectivity index (χ3v) is 6.11. The van der Waals surface area contributed by atoms with Crippen LogP contribution < -0.4 is 0 Å². The molecule has 1 aliphatic heterocycles. The Bertz CT molecular complexity index is 1250. The van der Waals surface area contributed by atoms with E-state index in [1.807, 2.05) is 36.1 Å². The highest BCUT2D eigenvalue weighted by molar-refractivity contribution is 7.98. The number of aromatic nitrogens is 5. The number of nitrogens with zero attached hydrogens (tertiary/aromatic N) is 5. The van der Waals surface area contributed by atoms with Gasteiger partial charge in [0.1, 0.15) is 5.82 Å². The molecule has 0 fully saturated rings. The summed E-state index contributed by atoms with van der Waals surface area (Å²) < 4.78 is 15.2. The van der Waals surface area contributed by atoms with Crippen molar-refractivity contribution in [3.63, 3.8) is 0 Å². The standard InChI is InChI=1S/C21H19FN6OS/c1-12-19-25-26-20(17-9-14-11-23-18(30-2)10-16(14)24-17)28(19)8-7-27(12)21(29)13-3-5-15(22)6-4-13/h3-6,9-12,24H,7-8H2,1-2H3/t12-/m1/s1. The summed E-state index contributed by atoms with van der Waals surface area (Å²) in [6.07, 6.45) is 3.84. The first-order valence-corrected chi connectivity index (χ1v) is 10.8. The van der Waals surface area contributed by atoms with Crippen LogP contribution in [0.4, 0.5) is 4.39 Å². The van der Waals surface area contributed by atoms with Crippen LogP contribution in [0.3, 0.4) is 0 Å². The SMILES string of the molecule is CSc1cc2[nH]c(-c3nnc4n3CCN(C(=O)c3ccc(F)cc3)[C@@H]4C)cc2cn1. The number of rotatable bonds is 3. The van der Waals surface area contributed by atoms with Gasteiger partial charge < -0.3 is 14.5 Å². The van der Waals surface area contributed by atoms with Crippen LogP contribution in [0, 0.1) is 5.82 Å². The van der Waals surface area contributed by atoms with Crippen molar-refractivity contribution in [3.05, 3.63) is 59.8 Å². The lowest BCUT2D eigenvalue weighted by Crippen LogP contribution is -2.41. The molecule has 3 aromatic heterocycles. The lowest BCUT2D eigenvalue weighted by atomic mass is 10.1. The van der Waals surface area contributed by atoms with Gasteiger partial charge in [-0.25, -0.2) is 9.37 Å². The highest BCUT2D eigenvalue weighted by atomic mass is 32.2. The smallest absolute Gasteiger partial charge is 0.254 e. The highest BCUT2D eigenvalue weighted by Gasteiger charge is 2.32. The van der Waals surface area contributed by atoms with Crippen molar-refractivity contribution in [1.82, 2.24) is 29.6 Å². The number of thioether (sulfide) groups is 1. The Hall–Kier alpha value is -3.20. The number of nitrogens with one attached hydrogen (secondary N) is 1. The second kappa shape index (κ2) is 7.24.